The van der Waals surface area contributed by atoms with Gasteiger partial charge in [0.1, 0.15) is 0 Å². The molecule has 0 fully saturated rings. The highest BCUT2D eigenvalue weighted by molar-refractivity contribution is 5.59. The molecule has 0 amide bonds. The minimum atomic E-state index is 0.444. The molecule has 0 spiro atoms. The molecule has 2 rings (SSSR count). The zero-order chi connectivity index (χ0) is 13.0. The van der Waals surface area contributed by atoms with Crippen LogP contribution in [0, 0.1) is 0 Å². The van der Waals surface area contributed by atoms with E-state index in [4.69, 9.17) is 19.7 Å². The molecular weight excluding hydrogens is 234 g/mol. The third-order valence-corrected chi connectivity index (χ3v) is 2.47. The van der Waals surface area contributed by atoms with Crippen LogP contribution in [0.1, 0.15) is 5.82 Å². The van der Waals surface area contributed by atoms with E-state index in [-0.39, 0.29) is 0 Å². The molecule has 0 aliphatic carbocycles. The van der Waals surface area contributed by atoms with Gasteiger partial charge in [-0.25, -0.2) is 0 Å². The van der Waals surface area contributed by atoms with Crippen molar-refractivity contribution in [2.75, 3.05) is 20.8 Å². The number of methoxy groups -OCH3 is 2. The zero-order valence-electron chi connectivity index (χ0n) is 10.3. The predicted octanol–water partition coefficient (Wildman–Crippen LogP) is 1.25. The number of hydrogen-bond acceptors (Lipinski definition) is 6. The second kappa shape index (κ2) is 5.50. The predicted molar refractivity (Wildman–Crippen MR) is 65.6 cm³/mol. The van der Waals surface area contributed by atoms with Gasteiger partial charge in [-0.15, -0.1) is 0 Å². The van der Waals surface area contributed by atoms with Crippen LogP contribution in [0.25, 0.3) is 11.5 Å². The summed E-state index contributed by atoms with van der Waals surface area (Å²) in [6.07, 6.45) is 0.594. The molecule has 96 valence electrons. The maximum atomic E-state index is 5.43. The Hall–Kier alpha value is -2.08. The summed E-state index contributed by atoms with van der Waals surface area (Å²) in [5, 5.41) is 3.84. The lowest BCUT2D eigenvalue weighted by atomic mass is 10.2. The van der Waals surface area contributed by atoms with Gasteiger partial charge in [-0.05, 0) is 24.7 Å². The summed E-state index contributed by atoms with van der Waals surface area (Å²) in [5.74, 6) is 2.32. The quantitative estimate of drug-likeness (QED) is 0.858. The van der Waals surface area contributed by atoms with Crippen LogP contribution in [0.15, 0.2) is 22.7 Å². The van der Waals surface area contributed by atoms with E-state index in [0.717, 1.165) is 5.56 Å². The molecule has 1 aromatic carbocycles. The van der Waals surface area contributed by atoms with Crippen molar-refractivity contribution in [2.24, 2.45) is 5.73 Å². The fraction of sp³-hybridized carbons (Fsp3) is 0.333. The van der Waals surface area contributed by atoms with Crippen LogP contribution >= 0.6 is 0 Å². The molecule has 6 nitrogen and oxygen atoms in total. The van der Waals surface area contributed by atoms with Crippen molar-refractivity contribution in [1.82, 2.24) is 10.1 Å². The Morgan fingerprint density at radius 1 is 1.22 bits per heavy atom. The lowest BCUT2D eigenvalue weighted by Crippen LogP contribution is -2.03. The molecule has 0 atom stereocenters. The first-order valence-electron chi connectivity index (χ1n) is 5.53. The average Bonchev–Trinajstić information content (AvgIpc) is 2.87. The second-order valence-electron chi connectivity index (χ2n) is 3.62. The van der Waals surface area contributed by atoms with Crippen molar-refractivity contribution in [3.63, 3.8) is 0 Å². The van der Waals surface area contributed by atoms with Crippen molar-refractivity contribution in [1.29, 1.82) is 0 Å². The lowest BCUT2D eigenvalue weighted by molar-refractivity contribution is 0.355. The van der Waals surface area contributed by atoms with E-state index in [2.05, 4.69) is 10.1 Å². The summed E-state index contributed by atoms with van der Waals surface area (Å²) in [6.45, 7) is 0.491. The van der Waals surface area contributed by atoms with Crippen molar-refractivity contribution in [3.8, 4) is 23.0 Å². The summed E-state index contributed by atoms with van der Waals surface area (Å²) >= 11 is 0. The Kier molecular flexibility index (Phi) is 3.78. The van der Waals surface area contributed by atoms with E-state index in [0.29, 0.717) is 36.2 Å². The number of hydrogen-bond donors (Lipinski definition) is 1. The number of ether oxygens (including phenoxy) is 2. The van der Waals surface area contributed by atoms with E-state index in [1.807, 2.05) is 6.07 Å². The highest BCUT2D eigenvalue weighted by atomic mass is 16.5. The van der Waals surface area contributed by atoms with E-state index in [1.54, 1.807) is 26.4 Å². The first kappa shape index (κ1) is 12.4. The van der Waals surface area contributed by atoms with Gasteiger partial charge in [-0.3, -0.25) is 0 Å². The Bertz CT molecular complexity index is 525. The van der Waals surface area contributed by atoms with Gasteiger partial charge < -0.3 is 19.7 Å². The van der Waals surface area contributed by atoms with Gasteiger partial charge in [-0.1, -0.05) is 5.16 Å². The summed E-state index contributed by atoms with van der Waals surface area (Å²) in [7, 11) is 3.17. The maximum absolute atomic E-state index is 5.43. The smallest absolute Gasteiger partial charge is 0.258 e. The fourth-order valence-electron chi connectivity index (χ4n) is 1.57. The van der Waals surface area contributed by atoms with Crippen LogP contribution in [0.3, 0.4) is 0 Å². The van der Waals surface area contributed by atoms with Crippen LogP contribution in [-0.4, -0.2) is 30.9 Å². The van der Waals surface area contributed by atoms with E-state index in [9.17, 15) is 0 Å². The van der Waals surface area contributed by atoms with Crippen LogP contribution < -0.4 is 15.2 Å². The molecular formula is C12H15N3O3. The lowest BCUT2D eigenvalue weighted by Gasteiger charge is -2.07. The third-order valence-electron chi connectivity index (χ3n) is 2.47. The van der Waals surface area contributed by atoms with Crippen LogP contribution in [0.5, 0.6) is 11.5 Å². The Labute approximate surface area is 105 Å². The van der Waals surface area contributed by atoms with E-state index in [1.165, 1.54) is 0 Å². The van der Waals surface area contributed by atoms with Gasteiger partial charge in [-0.2, -0.15) is 4.98 Å². The molecule has 0 aliphatic heterocycles. The van der Waals surface area contributed by atoms with Crippen LogP contribution in [0.4, 0.5) is 0 Å². The molecule has 2 aromatic rings. The number of rotatable bonds is 5. The van der Waals surface area contributed by atoms with Gasteiger partial charge in [0.25, 0.3) is 5.89 Å². The minimum absolute atomic E-state index is 0.444. The van der Waals surface area contributed by atoms with Crippen LogP contribution in [0.2, 0.25) is 0 Å². The van der Waals surface area contributed by atoms with Gasteiger partial charge in [0.05, 0.1) is 14.2 Å². The Morgan fingerprint density at radius 3 is 2.67 bits per heavy atom. The normalized spacial score (nSPS) is 10.4. The molecule has 1 heterocycles. The number of nitrogens with zero attached hydrogens (tertiary/aromatic N) is 2. The Balaban J connectivity index is 2.31. The molecule has 0 saturated heterocycles. The molecule has 0 radical (unpaired) electrons. The zero-order valence-corrected chi connectivity index (χ0v) is 10.3. The molecule has 0 saturated carbocycles. The molecule has 1 aromatic heterocycles. The van der Waals surface area contributed by atoms with Crippen molar-refractivity contribution in [3.05, 3.63) is 24.0 Å². The largest absolute Gasteiger partial charge is 0.493 e. The van der Waals surface area contributed by atoms with E-state index < -0.39 is 0 Å². The standard InChI is InChI=1S/C12H15N3O3/c1-16-9-4-3-8(7-10(9)17-2)12-14-11(5-6-13)15-18-12/h3-4,7H,5-6,13H2,1-2H3. The summed E-state index contributed by atoms with van der Waals surface area (Å²) in [5.41, 5.74) is 6.21. The molecule has 0 unspecified atom stereocenters. The van der Waals surface area contributed by atoms with Crippen LogP contribution in [-0.2, 0) is 6.42 Å². The molecule has 18 heavy (non-hydrogen) atoms. The third kappa shape index (κ3) is 2.43. The Morgan fingerprint density at radius 2 is 2.00 bits per heavy atom. The van der Waals surface area contributed by atoms with E-state index >= 15 is 0 Å². The topological polar surface area (TPSA) is 83.4 Å². The molecule has 0 bridgehead atoms. The fourth-order valence-corrected chi connectivity index (χ4v) is 1.57. The minimum Gasteiger partial charge on any atom is -0.493 e. The summed E-state index contributed by atoms with van der Waals surface area (Å²) in [4.78, 5) is 4.25. The molecule has 0 aliphatic rings. The second-order valence-corrected chi connectivity index (χ2v) is 3.62. The van der Waals surface area contributed by atoms with Gasteiger partial charge in [0, 0.05) is 12.0 Å². The van der Waals surface area contributed by atoms with Gasteiger partial charge >= 0.3 is 0 Å². The summed E-state index contributed by atoms with van der Waals surface area (Å²) in [6, 6.07) is 5.42. The highest BCUT2D eigenvalue weighted by Gasteiger charge is 2.11. The maximum Gasteiger partial charge on any atom is 0.258 e. The first-order chi connectivity index (χ1) is 8.78. The molecule has 2 N–H and O–H groups in total. The highest BCUT2D eigenvalue weighted by Crippen LogP contribution is 2.31. The van der Waals surface area contributed by atoms with Gasteiger partial charge in [0.2, 0.25) is 0 Å². The molecule has 6 heteroatoms. The first-order valence-corrected chi connectivity index (χ1v) is 5.53. The van der Waals surface area contributed by atoms with Crippen molar-refractivity contribution in [2.45, 2.75) is 6.42 Å². The number of benzene rings is 1. The van der Waals surface area contributed by atoms with Gasteiger partial charge in [0.15, 0.2) is 17.3 Å². The number of aromatic nitrogens is 2. The van der Waals surface area contributed by atoms with Crippen molar-refractivity contribution < 1.29 is 14.0 Å². The summed E-state index contributed by atoms with van der Waals surface area (Å²) < 4.78 is 15.5. The monoisotopic (exact) mass is 249 g/mol. The average molecular weight is 249 g/mol. The SMILES string of the molecule is COc1ccc(-c2nc(CCN)no2)cc1OC. The van der Waals surface area contributed by atoms with Crippen molar-refractivity contribution >= 4 is 0 Å². The number of nitrogens with two attached hydrogens (primary N) is 1.